The summed E-state index contributed by atoms with van der Waals surface area (Å²) in [4.78, 5) is 14.0. The highest BCUT2D eigenvalue weighted by atomic mass is 32.2. The molecule has 1 aliphatic heterocycles. The molecule has 1 heterocycles. The molecule has 0 aromatic heterocycles. The molecule has 3 rings (SSSR count). The van der Waals surface area contributed by atoms with Crippen LogP contribution in [0.3, 0.4) is 0 Å². The lowest BCUT2D eigenvalue weighted by atomic mass is 9.81. The molecule has 1 saturated carbocycles. The number of hydrogen-bond acceptors (Lipinski definition) is 5. The van der Waals surface area contributed by atoms with Gasteiger partial charge in [-0.2, -0.15) is 0 Å². The van der Waals surface area contributed by atoms with Crippen molar-refractivity contribution in [2.75, 3.05) is 32.1 Å². The van der Waals surface area contributed by atoms with E-state index in [-0.39, 0.29) is 16.8 Å². The Kier molecular flexibility index (Phi) is 4.29. The molecule has 1 saturated heterocycles. The minimum Gasteiger partial charge on any atom is -0.469 e. The van der Waals surface area contributed by atoms with Gasteiger partial charge in [-0.3, -0.25) is 4.79 Å². The smallest absolute Gasteiger partial charge is 0.313 e. The second kappa shape index (κ2) is 6.00. The number of esters is 1. The highest BCUT2D eigenvalue weighted by Gasteiger charge is 2.55. The normalized spacial score (nSPS) is 26.5. The van der Waals surface area contributed by atoms with Gasteiger partial charge in [0.25, 0.3) is 0 Å². The Labute approximate surface area is 141 Å². The molecule has 2 aliphatic rings. The number of hydrogen-bond donors (Lipinski definition) is 1. The quantitative estimate of drug-likeness (QED) is 0.828. The zero-order chi connectivity index (χ0) is 17.5. The second-order valence-corrected chi connectivity index (χ2v) is 8.32. The second-order valence-electron chi connectivity index (χ2n) is 6.44. The zero-order valence-corrected chi connectivity index (χ0v) is 14.5. The molecule has 0 radical (unpaired) electrons. The maximum atomic E-state index is 14.5. The van der Waals surface area contributed by atoms with Gasteiger partial charge in [0.15, 0.2) is 0 Å². The summed E-state index contributed by atoms with van der Waals surface area (Å²) < 4.78 is 45.2. The van der Waals surface area contributed by atoms with Gasteiger partial charge in [-0.25, -0.2) is 17.5 Å². The van der Waals surface area contributed by atoms with Crippen LogP contribution >= 0.6 is 0 Å². The summed E-state index contributed by atoms with van der Waals surface area (Å²) >= 11 is 0. The van der Waals surface area contributed by atoms with Crippen LogP contribution < -0.4 is 9.62 Å². The zero-order valence-electron chi connectivity index (χ0n) is 13.7. The fourth-order valence-electron chi connectivity index (χ4n) is 4.04. The predicted molar refractivity (Wildman–Crippen MR) is 86.6 cm³/mol. The van der Waals surface area contributed by atoms with Gasteiger partial charge in [0.05, 0.1) is 23.1 Å². The highest BCUT2D eigenvalue weighted by Crippen LogP contribution is 2.50. The molecule has 24 heavy (non-hydrogen) atoms. The van der Waals surface area contributed by atoms with Crippen LogP contribution in [0.5, 0.6) is 0 Å². The van der Waals surface area contributed by atoms with Gasteiger partial charge in [-0.05, 0) is 44.0 Å². The van der Waals surface area contributed by atoms with Crippen molar-refractivity contribution in [1.82, 2.24) is 4.72 Å². The molecule has 1 N–H and O–H groups in total. The van der Waals surface area contributed by atoms with Crippen LogP contribution in [0.15, 0.2) is 23.1 Å². The first-order valence-electron chi connectivity index (χ1n) is 7.90. The van der Waals surface area contributed by atoms with Crippen molar-refractivity contribution in [1.29, 1.82) is 0 Å². The molecule has 132 valence electrons. The number of nitrogens with zero attached hydrogens (tertiary/aromatic N) is 1. The average Bonchev–Trinajstić information content (AvgIpc) is 3.11. The van der Waals surface area contributed by atoms with Crippen LogP contribution in [-0.4, -0.2) is 41.6 Å². The lowest BCUT2D eigenvalue weighted by Crippen LogP contribution is -2.37. The van der Waals surface area contributed by atoms with Crippen molar-refractivity contribution >= 4 is 21.7 Å². The molecule has 2 fully saturated rings. The van der Waals surface area contributed by atoms with Gasteiger partial charge < -0.3 is 9.64 Å². The highest BCUT2D eigenvalue weighted by molar-refractivity contribution is 7.89. The topological polar surface area (TPSA) is 75.7 Å². The maximum absolute atomic E-state index is 14.5. The lowest BCUT2D eigenvalue weighted by Gasteiger charge is -2.26. The van der Waals surface area contributed by atoms with E-state index in [2.05, 4.69) is 4.72 Å². The first-order chi connectivity index (χ1) is 11.3. The molecule has 6 nitrogen and oxygen atoms in total. The van der Waals surface area contributed by atoms with Gasteiger partial charge in [0.1, 0.15) is 5.82 Å². The summed E-state index contributed by atoms with van der Waals surface area (Å²) in [7, 11) is -1.03. The fourth-order valence-corrected chi connectivity index (χ4v) is 4.78. The van der Waals surface area contributed by atoms with Crippen LogP contribution in [0.1, 0.15) is 19.3 Å². The minimum atomic E-state index is -3.69. The maximum Gasteiger partial charge on any atom is 0.313 e. The summed E-state index contributed by atoms with van der Waals surface area (Å²) in [5, 5.41) is 0. The van der Waals surface area contributed by atoms with E-state index < -0.39 is 21.3 Å². The molecule has 2 atom stereocenters. The van der Waals surface area contributed by atoms with Gasteiger partial charge in [-0.1, -0.05) is 6.42 Å². The molecule has 0 bridgehead atoms. The number of nitrogens with one attached hydrogen (secondary N) is 1. The number of fused-ring (bicyclic) bond motifs is 1. The number of halogens is 1. The van der Waals surface area contributed by atoms with Crippen LogP contribution in [0.4, 0.5) is 10.1 Å². The Balaban J connectivity index is 1.90. The first-order valence-corrected chi connectivity index (χ1v) is 9.39. The van der Waals surface area contributed by atoms with Gasteiger partial charge >= 0.3 is 5.97 Å². The van der Waals surface area contributed by atoms with E-state index in [1.54, 1.807) is 0 Å². The third kappa shape index (κ3) is 2.57. The SMILES string of the molecule is CNS(=O)(=O)c1ccc(N2CC3CCCC3(C(=O)OC)C2)c(F)c1. The fraction of sp³-hybridized carbons (Fsp3) is 0.562. The standard InChI is InChI=1S/C16H21FN2O4S/c1-18-24(21,22)12-5-6-14(13(17)8-12)19-9-11-4-3-7-16(11,10-19)15(20)23-2/h5-6,8,11,18H,3-4,7,9-10H2,1-2H3. The van der Waals surface area contributed by atoms with Crippen molar-refractivity contribution < 1.29 is 22.3 Å². The van der Waals surface area contributed by atoms with Crippen LogP contribution in [0.2, 0.25) is 0 Å². The third-order valence-corrected chi connectivity index (χ3v) is 6.71. The molecule has 2 unspecified atom stereocenters. The number of carbonyl (C=O) groups excluding carboxylic acids is 1. The molecular weight excluding hydrogens is 335 g/mol. The molecule has 0 spiro atoms. The summed E-state index contributed by atoms with van der Waals surface area (Å²) in [6.45, 7) is 0.976. The number of ether oxygens (including phenoxy) is 1. The van der Waals surface area contributed by atoms with Crippen molar-refractivity contribution in [3.8, 4) is 0 Å². The van der Waals surface area contributed by atoms with E-state index in [0.29, 0.717) is 18.8 Å². The minimum absolute atomic E-state index is 0.117. The number of carbonyl (C=O) groups is 1. The van der Waals surface area contributed by atoms with Crippen molar-refractivity contribution in [3.05, 3.63) is 24.0 Å². The van der Waals surface area contributed by atoms with Gasteiger partial charge in [0.2, 0.25) is 10.0 Å². The first kappa shape index (κ1) is 17.2. The van der Waals surface area contributed by atoms with Gasteiger partial charge in [-0.15, -0.1) is 0 Å². The van der Waals surface area contributed by atoms with E-state index in [0.717, 1.165) is 25.3 Å². The van der Waals surface area contributed by atoms with Crippen LogP contribution in [0.25, 0.3) is 0 Å². The van der Waals surface area contributed by atoms with Crippen molar-refractivity contribution in [2.24, 2.45) is 11.3 Å². The number of benzene rings is 1. The number of rotatable bonds is 4. The Hall–Kier alpha value is -1.67. The van der Waals surface area contributed by atoms with Crippen molar-refractivity contribution in [2.45, 2.75) is 24.2 Å². The Morgan fingerprint density at radius 2 is 2.21 bits per heavy atom. The Morgan fingerprint density at radius 1 is 1.46 bits per heavy atom. The van der Waals surface area contributed by atoms with E-state index in [1.807, 2.05) is 4.90 Å². The third-order valence-electron chi connectivity index (χ3n) is 5.30. The van der Waals surface area contributed by atoms with Crippen LogP contribution in [0, 0.1) is 17.2 Å². The average molecular weight is 356 g/mol. The molecule has 1 aromatic rings. The molecule has 8 heteroatoms. The molecule has 0 amide bonds. The van der Waals surface area contributed by atoms with E-state index in [1.165, 1.54) is 26.3 Å². The van der Waals surface area contributed by atoms with E-state index >= 15 is 0 Å². The molecule has 1 aliphatic carbocycles. The van der Waals surface area contributed by atoms with Crippen molar-refractivity contribution in [3.63, 3.8) is 0 Å². The molecular formula is C16H21FN2O4S. The summed E-state index contributed by atoms with van der Waals surface area (Å²) in [6, 6.07) is 3.86. The summed E-state index contributed by atoms with van der Waals surface area (Å²) in [5.74, 6) is -0.696. The summed E-state index contributed by atoms with van der Waals surface area (Å²) in [6.07, 6.45) is 2.63. The Morgan fingerprint density at radius 3 is 2.83 bits per heavy atom. The Bertz CT molecular complexity index is 767. The van der Waals surface area contributed by atoms with Crippen LogP contribution in [-0.2, 0) is 19.6 Å². The molecule has 1 aromatic carbocycles. The van der Waals surface area contributed by atoms with E-state index in [4.69, 9.17) is 4.74 Å². The number of sulfonamides is 1. The number of methoxy groups -OCH3 is 1. The lowest BCUT2D eigenvalue weighted by molar-refractivity contribution is -0.152. The number of anilines is 1. The largest absolute Gasteiger partial charge is 0.469 e. The monoisotopic (exact) mass is 356 g/mol. The predicted octanol–water partition coefficient (Wildman–Crippen LogP) is 1.51. The van der Waals surface area contributed by atoms with Gasteiger partial charge in [0, 0.05) is 13.1 Å². The van der Waals surface area contributed by atoms with E-state index in [9.17, 15) is 17.6 Å². The summed E-state index contributed by atoms with van der Waals surface area (Å²) in [5.41, 5.74) is -0.251.